The molecular weight excluding hydrogens is 350 g/mol. The zero-order valence-electron chi connectivity index (χ0n) is 14.5. The molecule has 0 radical (unpaired) electrons. The van der Waals surface area contributed by atoms with E-state index >= 15 is 0 Å². The molecule has 0 spiro atoms. The molecule has 26 heavy (non-hydrogen) atoms. The van der Waals surface area contributed by atoms with Gasteiger partial charge in [0.15, 0.2) is 0 Å². The summed E-state index contributed by atoms with van der Waals surface area (Å²) in [6, 6.07) is 14.7. The van der Waals surface area contributed by atoms with Crippen LogP contribution in [0.2, 0.25) is 0 Å². The van der Waals surface area contributed by atoms with Gasteiger partial charge in [-0.25, -0.2) is 8.42 Å². The first-order valence-electron chi connectivity index (χ1n) is 8.70. The van der Waals surface area contributed by atoms with Crippen molar-refractivity contribution in [3.63, 3.8) is 0 Å². The number of rotatable bonds is 5. The number of piperidine rings is 1. The van der Waals surface area contributed by atoms with Crippen molar-refractivity contribution >= 4 is 21.6 Å². The molecule has 1 heterocycles. The summed E-state index contributed by atoms with van der Waals surface area (Å²) in [7, 11) is -3.64. The Morgan fingerprint density at radius 1 is 1.08 bits per heavy atom. The van der Waals surface area contributed by atoms with Gasteiger partial charge in [0.25, 0.3) is 15.9 Å². The van der Waals surface area contributed by atoms with Gasteiger partial charge in [0.2, 0.25) is 0 Å². The first-order valence-corrected chi connectivity index (χ1v) is 10.2. The molecule has 1 aliphatic heterocycles. The van der Waals surface area contributed by atoms with Gasteiger partial charge in [0.1, 0.15) is 0 Å². The third-order valence-corrected chi connectivity index (χ3v) is 5.99. The number of nitrogens with zero attached hydrogens (tertiary/aromatic N) is 1. The SMILES string of the molecule is NCC1CCCCN1C(=O)c1ccc(NS(=O)(=O)c2ccccc2)cc1. The van der Waals surface area contributed by atoms with Gasteiger partial charge in [0, 0.05) is 30.4 Å². The molecule has 3 rings (SSSR count). The maximum Gasteiger partial charge on any atom is 0.261 e. The molecule has 1 atom stereocenters. The predicted molar refractivity (Wildman–Crippen MR) is 101 cm³/mol. The topological polar surface area (TPSA) is 92.5 Å². The van der Waals surface area contributed by atoms with Crippen LogP contribution in [0.1, 0.15) is 29.6 Å². The number of hydrogen-bond donors (Lipinski definition) is 2. The minimum atomic E-state index is -3.64. The lowest BCUT2D eigenvalue weighted by Gasteiger charge is -2.35. The van der Waals surface area contributed by atoms with Crippen molar-refractivity contribution in [2.24, 2.45) is 5.73 Å². The number of sulfonamides is 1. The van der Waals surface area contributed by atoms with Crippen LogP contribution in [0, 0.1) is 0 Å². The quantitative estimate of drug-likeness (QED) is 0.842. The fraction of sp³-hybridized carbons (Fsp3) is 0.316. The fourth-order valence-electron chi connectivity index (χ4n) is 3.17. The summed E-state index contributed by atoms with van der Waals surface area (Å²) in [5.41, 5.74) is 6.74. The number of hydrogen-bond acceptors (Lipinski definition) is 4. The number of carbonyl (C=O) groups excluding carboxylic acids is 1. The number of amides is 1. The van der Waals surface area contributed by atoms with Crippen molar-refractivity contribution in [3.05, 3.63) is 60.2 Å². The highest BCUT2D eigenvalue weighted by Gasteiger charge is 2.26. The Hall–Kier alpha value is -2.38. The summed E-state index contributed by atoms with van der Waals surface area (Å²) < 4.78 is 27.2. The van der Waals surface area contributed by atoms with Crippen molar-refractivity contribution in [2.75, 3.05) is 17.8 Å². The Kier molecular flexibility index (Phi) is 5.58. The summed E-state index contributed by atoms with van der Waals surface area (Å²) in [5, 5.41) is 0. The van der Waals surface area contributed by atoms with E-state index in [-0.39, 0.29) is 16.8 Å². The molecule has 138 valence electrons. The molecule has 0 saturated carbocycles. The highest BCUT2D eigenvalue weighted by atomic mass is 32.2. The highest BCUT2D eigenvalue weighted by molar-refractivity contribution is 7.92. The van der Waals surface area contributed by atoms with Crippen molar-refractivity contribution in [1.29, 1.82) is 0 Å². The van der Waals surface area contributed by atoms with Crippen LogP contribution in [0.5, 0.6) is 0 Å². The molecule has 0 bridgehead atoms. The van der Waals surface area contributed by atoms with Gasteiger partial charge in [-0.2, -0.15) is 0 Å². The lowest BCUT2D eigenvalue weighted by Crippen LogP contribution is -2.47. The van der Waals surface area contributed by atoms with Crippen LogP contribution in [0.15, 0.2) is 59.5 Å². The Morgan fingerprint density at radius 3 is 2.42 bits per heavy atom. The summed E-state index contributed by atoms with van der Waals surface area (Å²) in [4.78, 5) is 14.7. The van der Waals surface area contributed by atoms with E-state index in [1.807, 2.05) is 4.90 Å². The first-order chi connectivity index (χ1) is 12.5. The second-order valence-electron chi connectivity index (χ2n) is 6.38. The zero-order valence-corrected chi connectivity index (χ0v) is 15.3. The van der Waals surface area contributed by atoms with Gasteiger partial charge < -0.3 is 10.6 Å². The van der Waals surface area contributed by atoms with Crippen LogP contribution in [-0.4, -0.2) is 38.4 Å². The van der Waals surface area contributed by atoms with E-state index in [2.05, 4.69) is 4.72 Å². The smallest absolute Gasteiger partial charge is 0.261 e. The Bertz CT molecular complexity index is 851. The van der Waals surface area contributed by atoms with Crippen LogP contribution >= 0.6 is 0 Å². The lowest BCUT2D eigenvalue weighted by atomic mass is 10.0. The minimum absolute atomic E-state index is 0.0578. The standard InChI is InChI=1S/C19H23N3O3S/c20-14-17-6-4-5-13-22(17)19(23)15-9-11-16(12-10-15)21-26(24,25)18-7-2-1-3-8-18/h1-3,7-12,17,21H,4-6,13-14,20H2. The van der Waals surface area contributed by atoms with E-state index < -0.39 is 10.0 Å². The van der Waals surface area contributed by atoms with Crippen LogP contribution in [0.4, 0.5) is 5.69 Å². The minimum Gasteiger partial charge on any atom is -0.334 e. The second-order valence-corrected chi connectivity index (χ2v) is 8.06. The largest absolute Gasteiger partial charge is 0.334 e. The fourth-order valence-corrected chi connectivity index (χ4v) is 4.25. The Balaban J connectivity index is 1.73. The van der Waals surface area contributed by atoms with Gasteiger partial charge in [-0.3, -0.25) is 9.52 Å². The van der Waals surface area contributed by atoms with E-state index in [1.54, 1.807) is 42.5 Å². The van der Waals surface area contributed by atoms with Crippen LogP contribution in [0.25, 0.3) is 0 Å². The third-order valence-electron chi connectivity index (χ3n) is 4.60. The molecule has 2 aromatic rings. The molecule has 1 aliphatic rings. The number of nitrogens with one attached hydrogen (secondary N) is 1. The van der Waals surface area contributed by atoms with Crippen molar-refractivity contribution in [3.8, 4) is 0 Å². The van der Waals surface area contributed by atoms with Gasteiger partial charge in [-0.05, 0) is 55.7 Å². The monoisotopic (exact) mass is 373 g/mol. The zero-order chi connectivity index (χ0) is 18.6. The predicted octanol–water partition coefficient (Wildman–Crippen LogP) is 2.44. The number of nitrogens with two attached hydrogens (primary N) is 1. The molecule has 1 fully saturated rings. The third kappa shape index (κ3) is 4.05. The van der Waals surface area contributed by atoms with Crippen molar-refractivity contribution in [2.45, 2.75) is 30.2 Å². The van der Waals surface area contributed by atoms with E-state index in [9.17, 15) is 13.2 Å². The highest BCUT2D eigenvalue weighted by Crippen LogP contribution is 2.21. The molecule has 0 aromatic heterocycles. The maximum absolute atomic E-state index is 12.7. The molecule has 1 saturated heterocycles. The van der Waals surface area contributed by atoms with Gasteiger partial charge in [-0.1, -0.05) is 18.2 Å². The van der Waals surface area contributed by atoms with E-state index in [1.165, 1.54) is 12.1 Å². The molecule has 2 aromatic carbocycles. The average Bonchev–Trinajstić information content (AvgIpc) is 2.68. The van der Waals surface area contributed by atoms with Crippen molar-refractivity contribution < 1.29 is 13.2 Å². The van der Waals surface area contributed by atoms with E-state index in [0.717, 1.165) is 19.3 Å². The Morgan fingerprint density at radius 2 is 1.77 bits per heavy atom. The van der Waals surface area contributed by atoms with Crippen LogP contribution in [-0.2, 0) is 10.0 Å². The average molecular weight is 373 g/mol. The molecule has 3 N–H and O–H groups in total. The number of likely N-dealkylation sites (tertiary alicyclic amines) is 1. The van der Waals surface area contributed by atoms with Crippen molar-refractivity contribution in [1.82, 2.24) is 4.90 Å². The number of benzene rings is 2. The summed E-state index contributed by atoms with van der Waals surface area (Å²) in [6.45, 7) is 1.17. The maximum atomic E-state index is 12.7. The molecule has 1 unspecified atom stereocenters. The van der Waals surface area contributed by atoms with Crippen LogP contribution in [0.3, 0.4) is 0 Å². The molecule has 6 nitrogen and oxygen atoms in total. The number of anilines is 1. The first kappa shape index (κ1) is 18.4. The van der Waals surface area contributed by atoms with Gasteiger partial charge in [0.05, 0.1) is 4.90 Å². The molecule has 7 heteroatoms. The van der Waals surface area contributed by atoms with E-state index in [4.69, 9.17) is 5.73 Å². The summed E-state index contributed by atoms with van der Waals surface area (Å²) >= 11 is 0. The normalized spacial score (nSPS) is 17.7. The summed E-state index contributed by atoms with van der Waals surface area (Å²) in [6.07, 6.45) is 3.00. The van der Waals surface area contributed by atoms with E-state index in [0.29, 0.717) is 24.3 Å². The number of carbonyl (C=O) groups is 1. The molecule has 0 aliphatic carbocycles. The second kappa shape index (κ2) is 7.88. The lowest BCUT2D eigenvalue weighted by molar-refractivity contribution is 0.0623. The molecule has 1 amide bonds. The van der Waals surface area contributed by atoms with Crippen LogP contribution < -0.4 is 10.5 Å². The molecular formula is C19H23N3O3S. The Labute approximate surface area is 154 Å². The van der Waals surface area contributed by atoms with Gasteiger partial charge >= 0.3 is 0 Å². The van der Waals surface area contributed by atoms with Gasteiger partial charge in [-0.15, -0.1) is 0 Å². The summed E-state index contributed by atoms with van der Waals surface area (Å²) in [5.74, 6) is -0.0578.